The number of aryl methyl sites for hydroxylation is 1. The highest BCUT2D eigenvalue weighted by Gasteiger charge is 2.12. The molecule has 0 aliphatic rings. The lowest BCUT2D eigenvalue weighted by molar-refractivity contribution is 0.0734. The Bertz CT molecular complexity index is 625. The van der Waals surface area contributed by atoms with Crippen molar-refractivity contribution >= 4 is 5.97 Å². The number of rotatable bonds is 4. The van der Waals surface area contributed by atoms with Crippen molar-refractivity contribution in [2.45, 2.75) is 26.7 Å². The van der Waals surface area contributed by atoms with Gasteiger partial charge in [-0.05, 0) is 31.0 Å². The monoisotopic (exact) mass is 290 g/mol. The lowest BCUT2D eigenvalue weighted by Crippen LogP contribution is -2.09. The van der Waals surface area contributed by atoms with Crippen molar-refractivity contribution in [2.75, 3.05) is 0 Å². The molecular weight excluding hydrogens is 274 g/mol. The molecule has 0 radical (unpaired) electrons. The molecule has 2 rings (SSSR count). The molecule has 21 heavy (non-hydrogen) atoms. The highest BCUT2D eigenvalue weighted by molar-refractivity contribution is 5.91. The van der Waals surface area contributed by atoms with Gasteiger partial charge in [0.25, 0.3) is 0 Å². The first-order valence-electron chi connectivity index (χ1n) is 6.78. The van der Waals surface area contributed by atoms with E-state index < -0.39 is 17.6 Å². The van der Waals surface area contributed by atoms with Gasteiger partial charge < -0.3 is 4.74 Å². The minimum absolute atomic E-state index is 0.0984. The molecule has 0 saturated carbocycles. The van der Waals surface area contributed by atoms with Crippen LogP contribution < -0.4 is 4.74 Å². The lowest BCUT2D eigenvalue weighted by Gasteiger charge is -2.07. The normalized spacial score (nSPS) is 10.5. The van der Waals surface area contributed by atoms with Gasteiger partial charge in [0.05, 0.1) is 5.56 Å². The molecule has 2 nitrogen and oxygen atoms in total. The highest BCUT2D eigenvalue weighted by atomic mass is 19.1. The molecule has 0 atom stereocenters. The van der Waals surface area contributed by atoms with Crippen molar-refractivity contribution in [3.63, 3.8) is 0 Å². The van der Waals surface area contributed by atoms with Crippen LogP contribution >= 0.6 is 0 Å². The Morgan fingerprint density at radius 3 is 2.19 bits per heavy atom. The maximum absolute atomic E-state index is 13.4. The van der Waals surface area contributed by atoms with Crippen LogP contribution in [-0.2, 0) is 6.42 Å². The second-order valence-corrected chi connectivity index (χ2v) is 4.85. The van der Waals surface area contributed by atoms with Crippen LogP contribution in [0.25, 0.3) is 0 Å². The predicted octanol–water partition coefficient (Wildman–Crippen LogP) is 4.44. The molecule has 0 bridgehead atoms. The Morgan fingerprint density at radius 2 is 1.67 bits per heavy atom. The molecule has 2 aromatic rings. The van der Waals surface area contributed by atoms with Crippen LogP contribution in [0.2, 0.25) is 0 Å². The van der Waals surface area contributed by atoms with Crippen molar-refractivity contribution in [3.05, 3.63) is 64.7 Å². The second-order valence-electron chi connectivity index (χ2n) is 4.85. The van der Waals surface area contributed by atoms with Crippen LogP contribution in [-0.4, -0.2) is 5.97 Å². The molecule has 110 valence electrons. The van der Waals surface area contributed by atoms with Crippen LogP contribution in [0, 0.1) is 18.6 Å². The van der Waals surface area contributed by atoms with Crippen molar-refractivity contribution in [1.29, 1.82) is 0 Å². The van der Waals surface area contributed by atoms with Crippen LogP contribution in [0.15, 0.2) is 36.4 Å². The van der Waals surface area contributed by atoms with Crippen LogP contribution in [0.4, 0.5) is 8.78 Å². The summed E-state index contributed by atoms with van der Waals surface area (Å²) in [5.74, 6) is -2.26. The van der Waals surface area contributed by atoms with Crippen LogP contribution in [0.1, 0.15) is 34.8 Å². The van der Waals surface area contributed by atoms with E-state index in [1.165, 1.54) is 6.92 Å². The van der Waals surface area contributed by atoms with Gasteiger partial charge in [-0.3, -0.25) is 0 Å². The fourth-order valence-electron chi connectivity index (χ4n) is 1.94. The van der Waals surface area contributed by atoms with E-state index in [9.17, 15) is 13.6 Å². The Balaban J connectivity index is 2.14. The molecule has 0 fully saturated rings. The van der Waals surface area contributed by atoms with Gasteiger partial charge in [-0.15, -0.1) is 0 Å². The number of benzene rings is 2. The first kappa shape index (κ1) is 15.2. The quantitative estimate of drug-likeness (QED) is 0.614. The lowest BCUT2D eigenvalue weighted by atomic mass is 10.1. The molecule has 0 aromatic heterocycles. The molecule has 0 aliphatic heterocycles. The minimum Gasteiger partial charge on any atom is -0.423 e. The Labute approximate surface area is 122 Å². The summed E-state index contributed by atoms with van der Waals surface area (Å²) >= 11 is 0. The highest BCUT2D eigenvalue weighted by Crippen LogP contribution is 2.21. The molecule has 0 N–H and O–H groups in total. The van der Waals surface area contributed by atoms with Gasteiger partial charge in [-0.1, -0.05) is 25.5 Å². The number of ether oxygens (including phenoxy) is 1. The van der Waals surface area contributed by atoms with E-state index >= 15 is 0 Å². The standard InChI is InChI=1S/C17H16F2O2/c1-3-4-12-5-7-13(8-6-12)17(20)21-14-9-15(18)11(2)16(19)10-14/h5-10H,3-4H2,1-2H3. The van der Waals surface area contributed by atoms with Gasteiger partial charge in [0, 0.05) is 17.7 Å². The van der Waals surface area contributed by atoms with E-state index in [-0.39, 0.29) is 11.3 Å². The molecular formula is C17H16F2O2. The van der Waals surface area contributed by atoms with Gasteiger partial charge >= 0.3 is 5.97 Å². The first-order chi connectivity index (χ1) is 10.0. The molecule has 0 heterocycles. The maximum atomic E-state index is 13.4. The topological polar surface area (TPSA) is 26.3 Å². The summed E-state index contributed by atoms with van der Waals surface area (Å²) in [7, 11) is 0. The Hall–Kier alpha value is -2.23. The van der Waals surface area contributed by atoms with E-state index in [0.29, 0.717) is 5.56 Å². The second kappa shape index (κ2) is 6.48. The number of carbonyl (C=O) groups excluding carboxylic acids is 1. The van der Waals surface area contributed by atoms with Gasteiger partial charge in [0.2, 0.25) is 0 Å². The molecule has 0 saturated heterocycles. The van der Waals surface area contributed by atoms with E-state index in [4.69, 9.17) is 4.74 Å². The number of hydrogen-bond acceptors (Lipinski definition) is 2. The molecule has 0 unspecified atom stereocenters. The zero-order valence-electron chi connectivity index (χ0n) is 12.0. The predicted molar refractivity (Wildman–Crippen MR) is 76.5 cm³/mol. The SMILES string of the molecule is CCCc1ccc(C(=O)Oc2cc(F)c(C)c(F)c2)cc1. The van der Waals surface area contributed by atoms with E-state index in [2.05, 4.69) is 6.92 Å². The minimum atomic E-state index is -0.740. The summed E-state index contributed by atoms with van der Waals surface area (Å²) in [6.07, 6.45) is 1.95. The Kier molecular flexibility index (Phi) is 4.68. The summed E-state index contributed by atoms with van der Waals surface area (Å²) in [4.78, 5) is 11.9. The first-order valence-corrected chi connectivity index (χ1v) is 6.78. The zero-order valence-corrected chi connectivity index (χ0v) is 12.0. The van der Waals surface area contributed by atoms with Gasteiger partial charge in [0.15, 0.2) is 0 Å². The fraction of sp³-hybridized carbons (Fsp3) is 0.235. The fourth-order valence-corrected chi connectivity index (χ4v) is 1.94. The number of hydrogen-bond donors (Lipinski definition) is 0. The van der Waals surface area contributed by atoms with Crippen molar-refractivity contribution in [1.82, 2.24) is 0 Å². The van der Waals surface area contributed by atoms with Crippen LogP contribution in [0.3, 0.4) is 0 Å². The average Bonchev–Trinajstić information content (AvgIpc) is 2.45. The summed E-state index contributed by atoms with van der Waals surface area (Å²) < 4.78 is 31.8. The molecule has 0 amide bonds. The summed E-state index contributed by atoms with van der Waals surface area (Å²) in [6.45, 7) is 3.39. The third-order valence-corrected chi connectivity index (χ3v) is 3.19. The van der Waals surface area contributed by atoms with E-state index in [0.717, 1.165) is 30.5 Å². The van der Waals surface area contributed by atoms with Crippen molar-refractivity contribution in [2.24, 2.45) is 0 Å². The van der Waals surface area contributed by atoms with Crippen molar-refractivity contribution in [3.8, 4) is 5.75 Å². The average molecular weight is 290 g/mol. The molecule has 0 spiro atoms. The number of halogens is 2. The van der Waals surface area contributed by atoms with Gasteiger partial charge in [0.1, 0.15) is 17.4 Å². The summed E-state index contributed by atoms with van der Waals surface area (Å²) in [6, 6.07) is 8.98. The van der Waals surface area contributed by atoms with E-state index in [1.807, 2.05) is 12.1 Å². The van der Waals surface area contributed by atoms with Gasteiger partial charge in [-0.2, -0.15) is 0 Å². The smallest absolute Gasteiger partial charge is 0.343 e. The van der Waals surface area contributed by atoms with Gasteiger partial charge in [-0.25, -0.2) is 13.6 Å². The van der Waals surface area contributed by atoms with Crippen molar-refractivity contribution < 1.29 is 18.3 Å². The summed E-state index contributed by atoms with van der Waals surface area (Å²) in [5.41, 5.74) is 1.37. The van der Waals surface area contributed by atoms with E-state index in [1.54, 1.807) is 12.1 Å². The number of carbonyl (C=O) groups is 1. The third-order valence-electron chi connectivity index (χ3n) is 3.19. The number of esters is 1. The molecule has 0 aliphatic carbocycles. The largest absolute Gasteiger partial charge is 0.423 e. The maximum Gasteiger partial charge on any atom is 0.343 e. The Morgan fingerprint density at radius 1 is 1.10 bits per heavy atom. The third kappa shape index (κ3) is 3.66. The zero-order chi connectivity index (χ0) is 15.4. The summed E-state index contributed by atoms with van der Waals surface area (Å²) in [5, 5.41) is 0. The van der Waals surface area contributed by atoms with Crippen LogP contribution in [0.5, 0.6) is 5.75 Å². The molecule has 4 heteroatoms. The molecule has 2 aromatic carbocycles.